The average molecular weight is 327 g/mol. The van der Waals surface area contributed by atoms with Gasteiger partial charge in [-0.25, -0.2) is 13.2 Å². The number of hydrogen-bond donors (Lipinski definition) is 2. The molecule has 0 fully saturated rings. The van der Waals surface area contributed by atoms with Crippen molar-refractivity contribution in [1.82, 2.24) is 0 Å². The first-order chi connectivity index (χ1) is 11.0. The number of benzene rings is 2. The Morgan fingerprint density at radius 1 is 1.09 bits per heavy atom. The molecule has 0 aromatic heterocycles. The number of carboxylic acid groups (broad SMARTS) is 1. The molecule has 23 heavy (non-hydrogen) atoms. The van der Waals surface area contributed by atoms with E-state index in [0.29, 0.717) is 11.3 Å². The third-order valence-corrected chi connectivity index (χ3v) is 4.08. The number of nitrogens with one attached hydrogen (secondary N) is 1. The Labute approximate surface area is 134 Å². The van der Waals surface area contributed by atoms with E-state index in [4.69, 9.17) is 5.11 Å². The van der Waals surface area contributed by atoms with E-state index in [1.807, 2.05) is 0 Å². The summed E-state index contributed by atoms with van der Waals surface area (Å²) in [5.41, 5.74) is 0.935. The van der Waals surface area contributed by atoms with E-state index in [1.54, 1.807) is 42.5 Å². The molecule has 2 N–H and O–H groups in total. The molecule has 0 aliphatic rings. The number of carboxylic acids is 1. The number of aliphatic carboxylic acids is 1. The number of hydrogen-bond acceptors (Lipinski definition) is 3. The molecular weight excluding hydrogens is 314 g/mol. The van der Waals surface area contributed by atoms with Crippen molar-refractivity contribution in [3.05, 3.63) is 72.3 Å². The van der Waals surface area contributed by atoms with Crippen molar-refractivity contribution in [3.8, 4) is 11.8 Å². The van der Waals surface area contributed by atoms with E-state index in [0.717, 1.165) is 6.08 Å². The Morgan fingerprint density at radius 2 is 1.83 bits per heavy atom. The SMILES string of the molecule is O=C(O)C=CC#Cc1cccc(S(=O)(=O)Nc2ccccc2)c1. The Kier molecular flexibility index (Phi) is 5.18. The highest BCUT2D eigenvalue weighted by Crippen LogP contribution is 2.16. The lowest BCUT2D eigenvalue weighted by Crippen LogP contribution is -2.12. The average Bonchev–Trinajstić information content (AvgIpc) is 2.52. The summed E-state index contributed by atoms with van der Waals surface area (Å²) in [6.07, 6.45) is 2.09. The fraction of sp³-hybridized carbons (Fsp3) is 0. The number of rotatable bonds is 4. The molecule has 0 radical (unpaired) electrons. The Morgan fingerprint density at radius 3 is 2.52 bits per heavy atom. The molecule has 0 aliphatic carbocycles. The van der Waals surface area contributed by atoms with Crippen LogP contribution < -0.4 is 4.72 Å². The molecule has 0 spiro atoms. The molecule has 2 aromatic carbocycles. The minimum atomic E-state index is -3.71. The third-order valence-electron chi connectivity index (χ3n) is 2.70. The molecule has 6 heteroatoms. The van der Waals surface area contributed by atoms with E-state index in [2.05, 4.69) is 16.6 Å². The van der Waals surface area contributed by atoms with Crippen LogP contribution in [0.3, 0.4) is 0 Å². The summed E-state index contributed by atoms with van der Waals surface area (Å²) in [4.78, 5) is 10.4. The lowest BCUT2D eigenvalue weighted by atomic mass is 10.2. The predicted octanol–water partition coefficient (Wildman–Crippen LogP) is 2.48. The van der Waals surface area contributed by atoms with Crippen LogP contribution in [-0.4, -0.2) is 19.5 Å². The van der Waals surface area contributed by atoms with E-state index in [1.165, 1.54) is 18.2 Å². The van der Waals surface area contributed by atoms with Gasteiger partial charge in [-0.1, -0.05) is 36.1 Å². The summed E-state index contributed by atoms with van der Waals surface area (Å²) in [6, 6.07) is 14.7. The molecule has 0 amide bonds. The number of sulfonamides is 1. The molecular formula is C17H13NO4S. The predicted molar refractivity (Wildman–Crippen MR) is 87.3 cm³/mol. The van der Waals surface area contributed by atoms with E-state index >= 15 is 0 Å². The standard InChI is InChI=1S/C17H13NO4S/c19-17(20)12-5-4-7-14-8-6-11-16(13-14)23(21,22)18-15-9-2-1-3-10-15/h1-3,5-6,8-13,18H,(H,19,20). The normalized spacial score (nSPS) is 10.8. The smallest absolute Gasteiger partial charge is 0.328 e. The lowest BCUT2D eigenvalue weighted by Gasteiger charge is -2.08. The molecule has 0 unspecified atom stereocenters. The molecule has 5 nitrogen and oxygen atoms in total. The zero-order chi connectivity index (χ0) is 16.7. The van der Waals surface area contributed by atoms with Gasteiger partial charge in [-0.2, -0.15) is 0 Å². The number of para-hydroxylation sites is 1. The highest BCUT2D eigenvalue weighted by atomic mass is 32.2. The lowest BCUT2D eigenvalue weighted by molar-refractivity contribution is -0.131. The van der Waals surface area contributed by atoms with Crippen LogP contribution in [0.4, 0.5) is 5.69 Å². The maximum atomic E-state index is 12.3. The van der Waals surface area contributed by atoms with Gasteiger partial charge in [-0.15, -0.1) is 0 Å². The first-order valence-electron chi connectivity index (χ1n) is 6.56. The largest absolute Gasteiger partial charge is 0.478 e. The molecule has 2 rings (SSSR count). The van der Waals surface area contributed by atoms with Gasteiger partial charge in [0.2, 0.25) is 0 Å². The third kappa shape index (κ3) is 5.02. The van der Waals surface area contributed by atoms with Crippen molar-refractivity contribution in [3.63, 3.8) is 0 Å². The first kappa shape index (κ1) is 16.3. The van der Waals surface area contributed by atoms with E-state index < -0.39 is 16.0 Å². The van der Waals surface area contributed by atoms with Crippen LogP contribution in [0.5, 0.6) is 0 Å². The van der Waals surface area contributed by atoms with Gasteiger partial charge in [0.1, 0.15) is 0 Å². The molecule has 116 valence electrons. The van der Waals surface area contributed by atoms with Crippen molar-refractivity contribution in [2.75, 3.05) is 4.72 Å². The van der Waals surface area contributed by atoms with Crippen LogP contribution in [0.15, 0.2) is 71.6 Å². The fourth-order valence-electron chi connectivity index (χ4n) is 1.70. The Hall–Kier alpha value is -3.04. The second-order valence-corrected chi connectivity index (χ2v) is 6.12. The van der Waals surface area contributed by atoms with Crippen molar-refractivity contribution in [2.45, 2.75) is 4.90 Å². The Balaban J connectivity index is 2.23. The van der Waals surface area contributed by atoms with Crippen LogP contribution in [0, 0.1) is 11.8 Å². The molecule has 2 aromatic rings. The van der Waals surface area contributed by atoms with Crippen LogP contribution in [0.2, 0.25) is 0 Å². The topological polar surface area (TPSA) is 83.5 Å². The summed E-state index contributed by atoms with van der Waals surface area (Å²) < 4.78 is 27.1. The van der Waals surface area contributed by atoms with Gasteiger partial charge >= 0.3 is 5.97 Å². The van der Waals surface area contributed by atoms with Crippen LogP contribution in [-0.2, 0) is 14.8 Å². The summed E-state index contributed by atoms with van der Waals surface area (Å²) >= 11 is 0. The van der Waals surface area contributed by atoms with Gasteiger partial charge in [0.15, 0.2) is 0 Å². The molecule has 0 bridgehead atoms. The first-order valence-corrected chi connectivity index (χ1v) is 8.05. The van der Waals surface area contributed by atoms with Gasteiger partial charge in [-0.05, 0) is 36.4 Å². The van der Waals surface area contributed by atoms with Crippen LogP contribution in [0.25, 0.3) is 0 Å². The van der Waals surface area contributed by atoms with Crippen molar-refractivity contribution in [1.29, 1.82) is 0 Å². The number of anilines is 1. The molecule has 0 saturated heterocycles. The van der Waals surface area contributed by atoms with Crippen LogP contribution >= 0.6 is 0 Å². The maximum absolute atomic E-state index is 12.3. The van der Waals surface area contributed by atoms with Gasteiger partial charge in [0.05, 0.1) is 4.90 Å². The summed E-state index contributed by atoms with van der Waals surface area (Å²) in [5.74, 6) is 4.12. The molecule has 0 heterocycles. The van der Waals surface area contributed by atoms with Crippen molar-refractivity contribution < 1.29 is 18.3 Å². The van der Waals surface area contributed by atoms with Gasteiger partial charge in [0.25, 0.3) is 10.0 Å². The second kappa shape index (κ2) is 7.29. The molecule has 0 atom stereocenters. The highest BCUT2D eigenvalue weighted by Gasteiger charge is 2.13. The number of carbonyl (C=O) groups is 1. The maximum Gasteiger partial charge on any atom is 0.328 e. The summed E-state index contributed by atoms with van der Waals surface area (Å²) in [6.45, 7) is 0. The van der Waals surface area contributed by atoms with Crippen LogP contribution in [0.1, 0.15) is 5.56 Å². The van der Waals surface area contributed by atoms with Crippen molar-refractivity contribution in [2.24, 2.45) is 0 Å². The summed E-state index contributed by atoms with van der Waals surface area (Å²) in [7, 11) is -3.71. The summed E-state index contributed by atoms with van der Waals surface area (Å²) in [5, 5.41) is 8.46. The van der Waals surface area contributed by atoms with Gasteiger partial charge in [-0.3, -0.25) is 4.72 Å². The minimum Gasteiger partial charge on any atom is -0.478 e. The molecule has 0 aliphatic heterocycles. The fourth-order valence-corrected chi connectivity index (χ4v) is 2.80. The van der Waals surface area contributed by atoms with E-state index in [-0.39, 0.29) is 4.90 Å². The quantitative estimate of drug-likeness (QED) is 0.667. The molecule has 0 saturated carbocycles. The zero-order valence-corrected chi connectivity index (χ0v) is 12.7. The minimum absolute atomic E-state index is 0.0790. The Bertz CT molecular complexity index is 891. The second-order valence-electron chi connectivity index (χ2n) is 4.44. The monoisotopic (exact) mass is 327 g/mol. The van der Waals surface area contributed by atoms with Crippen molar-refractivity contribution >= 4 is 21.7 Å². The van der Waals surface area contributed by atoms with Gasteiger partial charge in [0, 0.05) is 17.3 Å². The highest BCUT2D eigenvalue weighted by molar-refractivity contribution is 7.92. The van der Waals surface area contributed by atoms with E-state index in [9.17, 15) is 13.2 Å². The zero-order valence-electron chi connectivity index (χ0n) is 11.9. The van der Waals surface area contributed by atoms with Gasteiger partial charge < -0.3 is 5.11 Å². The number of allylic oxidation sites excluding steroid dienone is 1.